The van der Waals surface area contributed by atoms with Crippen molar-refractivity contribution in [1.29, 1.82) is 0 Å². The largest absolute Gasteiger partial charge is 0.496 e. The summed E-state index contributed by atoms with van der Waals surface area (Å²) in [6.07, 6.45) is 7.60. The molecule has 0 amide bonds. The van der Waals surface area contributed by atoms with E-state index < -0.39 is 12.4 Å². The number of benzene rings is 1. The van der Waals surface area contributed by atoms with E-state index in [1.54, 1.807) is 24.4 Å². The lowest BCUT2D eigenvalue weighted by Crippen LogP contribution is -2.47. The average Bonchev–Trinajstić information content (AvgIpc) is 3.41. The van der Waals surface area contributed by atoms with Crippen LogP contribution in [0.5, 0.6) is 5.75 Å². The predicted molar refractivity (Wildman–Crippen MR) is 138 cm³/mol. The molecule has 3 N–H and O–H groups in total. The topological polar surface area (TPSA) is 107 Å². The summed E-state index contributed by atoms with van der Waals surface area (Å²) in [5.74, 6) is 0.802. The lowest BCUT2D eigenvalue weighted by Gasteiger charge is -2.39. The van der Waals surface area contributed by atoms with Crippen LogP contribution in [0.4, 0.5) is 30.5 Å². The van der Waals surface area contributed by atoms with Gasteiger partial charge in [0.25, 0.3) is 0 Å². The zero-order chi connectivity index (χ0) is 26.8. The number of halogens is 3. The molecule has 1 fully saturated rings. The van der Waals surface area contributed by atoms with E-state index in [9.17, 15) is 13.2 Å². The summed E-state index contributed by atoms with van der Waals surface area (Å²) in [5.41, 5.74) is 8.38. The quantitative estimate of drug-likeness (QED) is 0.348. The summed E-state index contributed by atoms with van der Waals surface area (Å²) in [4.78, 5) is 15.3. The van der Waals surface area contributed by atoms with Crippen LogP contribution in [-0.2, 0) is 0 Å². The molecule has 0 radical (unpaired) electrons. The van der Waals surface area contributed by atoms with E-state index >= 15 is 0 Å². The minimum atomic E-state index is -2.75. The van der Waals surface area contributed by atoms with Crippen LogP contribution < -0.4 is 20.7 Å². The average molecular weight is 525 g/mol. The fourth-order valence-corrected chi connectivity index (χ4v) is 4.60. The van der Waals surface area contributed by atoms with Crippen molar-refractivity contribution in [3.8, 4) is 28.3 Å². The van der Waals surface area contributed by atoms with Gasteiger partial charge in [-0.15, -0.1) is 0 Å². The summed E-state index contributed by atoms with van der Waals surface area (Å²) in [6.45, 7) is -0.0428. The summed E-state index contributed by atoms with van der Waals surface area (Å²) >= 11 is 0. The Balaban J connectivity index is 1.52. The number of hydrogen-bond donors (Lipinski definition) is 2. The van der Waals surface area contributed by atoms with Gasteiger partial charge in [0, 0.05) is 54.4 Å². The third kappa shape index (κ3) is 5.12. The normalized spacial score (nSPS) is 17.6. The highest BCUT2D eigenvalue weighted by Crippen LogP contribution is 2.37. The molecule has 5 rings (SSSR count). The number of methoxy groups -OCH3 is 1. The number of alkyl halides is 2. The van der Waals surface area contributed by atoms with Crippen LogP contribution in [0.3, 0.4) is 0 Å². The Morgan fingerprint density at radius 3 is 2.74 bits per heavy atom. The first-order valence-electron chi connectivity index (χ1n) is 12.1. The van der Waals surface area contributed by atoms with Crippen LogP contribution >= 0.6 is 0 Å². The first-order valence-corrected chi connectivity index (χ1v) is 12.1. The molecule has 4 aromatic rings. The Bertz CT molecular complexity index is 1430. The Labute approximate surface area is 217 Å². The minimum absolute atomic E-state index is 0.0208. The standard InChI is InChI=1S/C26H27F3N8O/c1-15-6-7-17(30)14-36(15)20-10-23(32-12-18(20)16-11-33-37(13-16)26(28)29)34-22-8-9-31-25(35-22)24-19(27)4-3-5-21(24)38-2/h3-5,8-13,15,17,26H,6-7,14,30H2,1-2H3,(H,31,32,34,35)/t15-,17+/m1/s1. The maximum atomic E-state index is 14.6. The maximum Gasteiger partial charge on any atom is 0.333 e. The van der Waals surface area contributed by atoms with Crippen LogP contribution in [0.15, 0.2) is 55.1 Å². The number of ether oxygens (including phenoxy) is 1. The molecule has 198 valence electrons. The van der Waals surface area contributed by atoms with Crippen molar-refractivity contribution in [2.45, 2.75) is 38.4 Å². The maximum absolute atomic E-state index is 14.6. The van der Waals surface area contributed by atoms with Gasteiger partial charge in [0.1, 0.15) is 23.2 Å². The molecule has 1 aliphatic rings. The van der Waals surface area contributed by atoms with E-state index in [0.29, 0.717) is 39.7 Å². The van der Waals surface area contributed by atoms with Gasteiger partial charge >= 0.3 is 6.55 Å². The van der Waals surface area contributed by atoms with Crippen LogP contribution in [0.25, 0.3) is 22.5 Å². The van der Waals surface area contributed by atoms with E-state index in [2.05, 4.69) is 37.2 Å². The highest BCUT2D eigenvalue weighted by molar-refractivity contribution is 5.80. The second kappa shape index (κ2) is 10.7. The molecule has 4 heterocycles. The molecule has 1 aromatic carbocycles. The van der Waals surface area contributed by atoms with Gasteiger partial charge in [-0.3, -0.25) is 0 Å². The lowest BCUT2D eigenvalue weighted by molar-refractivity contribution is 0.0566. The van der Waals surface area contributed by atoms with Gasteiger partial charge in [-0.25, -0.2) is 24.0 Å². The van der Waals surface area contributed by atoms with Gasteiger partial charge in [0.2, 0.25) is 0 Å². The van der Waals surface area contributed by atoms with Gasteiger partial charge < -0.3 is 20.7 Å². The summed E-state index contributed by atoms with van der Waals surface area (Å²) < 4.78 is 46.9. The molecular formula is C26H27F3N8O. The van der Waals surface area contributed by atoms with Gasteiger partial charge in [0.05, 0.1) is 24.6 Å². The Kier molecular flexibility index (Phi) is 7.14. The van der Waals surface area contributed by atoms with Crippen LogP contribution in [-0.4, -0.2) is 50.5 Å². The number of rotatable bonds is 7. The number of hydrogen-bond acceptors (Lipinski definition) is 8. The molecule has 3 aromatic heterocycles. The van der Waals surface area contributed by atoms with Crippen LogP contribution in [0.2, 0.25) is 0 Å². The van der Waals surface area contributed by atoms with Crippen molar-refractivity contribution in [2.24, 2.45) is 5.73 Å². The van der Waals surface area contributed by atoms with Crippen molar-refractivity contribution in [2.75, 3.05) is 23.9 Å². The second-order valence-corrected chi connectivity index (χ2v) is 9.12. The van der Waals surface area contributed by atoms with E-state index in [1.807, 2.05) is 6.07 Å². The SMILES string of the molecule is COc1cccc(F)c1-c1nccc(Nc2cc(N3C[C@@H](N)CC[C@H]3C)c(-c3cnn(C(F)F)c3)cn2)n1. The molecule has 38 heavy (non-hydrogen) atoms. The summed E-state index contributed by atoms with van der Waals surface area (Å²) in [5, 5.41) is 6.94. The highest BCUT2D eigenvalue weighted by atomic mass is 19.3. The molecule has 0 aliphatic carbocycles. The van der Waals surface area contributed by atoms with Crippen molar-refractivity contribution in [1.82, 2.24) is 24.7 Å². The molecule has 2 atom stereocenters. The zero-order valence-electron chi connectivity index (χ0n) is 20.9. The molecule has 0 spiro atoms. The second-order valence-electron chi connectivity index (χ2n) is 9.12. The number of nitrogens with one attached hydrogen (secondary N) is 1. The van der Waals surface area contributed by atoms with Gasteiger partial charge in [-0.05, 0) is 38.0 Å². The van der Waals surface area contributed by atoms with E-state index in [1.165, 1.54) is 31.8 Å². The van der Waals surface area contributed by atoms with Crippen molar-refractivity contribution in [3.05, 3.63) is 60.9 Å². The molecule has 0 bridgehead atoms. The molecule has 12 heteroatoms. The molecule has 9 nitrogen and oxygen atoms in total. The number of nitrogens with two attached hydrogens (primary N) is 1. The fraction of sp³-hybridized carbons (Fsp3) is 0.308. The highest BCUT2D eigenvalue weighted by Gasteiger charge is 2.27. The van der Waals surface area contributed by atoms with Crippen molar-refractivity contribution in [3.63, 3.8) is 0 Å². The summed E-state index contributed by atoms with van der Waals surface area (Å²) in [6, 6.07) is 8.11. The number of piperidine rings is 1. The monoisotopic (exact) mass is 524 g/mol. The van der Waals surface area contributed by atoms with Crippen LogP contribution in [0, 0.1) is 5.82 Å². The zero-order valence-corrected chi connectivity index (χ0v) is 20.9. The molecule has 0 unspecified atom stereocenters. The third-order valence-corrected chi connectivity index (χ3v) is 6.55. The first-order chi connectivity index (χ1) is 18.3. The molecule has 1 aliphatic heterocycles. The van der Waals surface area contributed by atoms with E-state index in [-0.39, 0.29) is 23.5 Å². The number of aromatic nitrogens is 5. The summed E-state index contributed by atoms with van der Waals surface area (Å²) in [7, 11) is 1.45. The van der Waals surface area contributed by atoms with E-state index in [0.717, 1.165) is 18.5 Å². The van der Waals surface area contributed by atoms with Crippen LogP contribution in [0.1, 0.15) is 26.3 Å². The lowest BCUT2D eigenvalue weighted by atomic mass is 9.97. The first kappa shape index (κ1) is 25.5. The van der Waals surface area contributed by atoms with Crippen molar-refractivity contribution >= 4 is 17.3 Å². The van der Waals surface area contributed by atoms with Gasteiger partial charge in [-0.1, -0.05) is 6.07 Å². The van der Waals surface area contributed by atoms with Crippen molar-refractivity contribution < 1.29 is 17.9 Å². The molecule has 1 saturated heterocycles. The number of nitrogens with zero attached hydrogens (tertiary/aromatic N) is 6. The van der Waals surface area contributed by atoms with E-state index in [4.69, 9.17) is 10.5 Å². The Morgan fingerprint density at radius 1 is 1.13 bits per heavy atom. The minimum Gasteiger partial charge on any atom is -0.496 e. The van der Waals surface area contributed by atoms with Gasteiger partial charge in [-0.2, -0.15) is 13.9 Å². The Hall–Kier alpha value is -4.19. The Morgan fingerprint density at radius 2 is 1.97 bits per heavy atom. The fourth-order valence-electron chi connectivity index (χ4n) is 4.60. The third-order valence-electron chi connectivity index (χ3n) is 6.55. The smallest absolute Gasteiger partial charge is 0.333 e. The predicted octanol–water partition coefficient (Wildman–Crippen LogP) is 5.00. The molecular weight excluding hydrogens is 497 g/mol. The number of pyridine rings is 1. The molecule has 0 saturated carbocycles. The van der Waals surface area contributed by atoms with Gasteiger partial charge in [0.15, 0.2) is 5.82 Å². The number of anilines is 3.